The van der Waals surface area contributed by atoms with E-state index in [0.717, 1.165) is 0 Å². The third-order valence-electron chi connectivity index (χ3n) is 4.28. The molecule has 1 aromatic heterocycles. The Labute approximate surface area is 125 Å². The van der Waals surface area contributed by atoms with Gasteiger partial charge in [0.2, 0.25) is 0 Å². The van der Waals surface area contributed by atoms with Crippen molar-refractivity contribution in [3.63, 3.8) is 0 Å². The third kappa shape index (κ3) is 2.16. The molecule has 1 N–H and O–H groups in total. The van der Waals surface area contributed by atoms with Gasteiger partial charge in [0.25, 0.3) is 0 Å². The van der Waals surface area contributed by atoms with Crippen LogP contribution >= 0.6 is 0 Å². The minimum atomic E-state index is 0.0765. The Bertz CT molecular complexity index is 785. The van der Waals surface area contributed by atoms with E-state index in [1.165, 1.54) is 33.3 Å². The first-order chi connectivity index (χ1) is 10.1. The Balaban J connectivity index is 2.39. The molecule has 2 heteroatoms. The van der Waals surface area contributed by atoms with Crippen LogP contribution < -0.4 is 0 Å². The minimum absolute atomic E-state index is 0.0765. The first-order valence-electron chi connectivity index (χ1n) is 7.41. The van der Waals surface area contributed by atoms with Gasteiger partial charge in [-0.2, -0.15) is 0 Å². The predicted octanol–water partition coefficient (Wildman–Crippen LogP) is 4.48. The molecule has 0 fully saturated rings. The topological polar surface area (TPSA) is 25.2 Å². The number of aliphatic hydroxyl groups excluding tert-OH is 1. The molecule has 3 rings (SSSR count). The zero-order valence-electron chi connectivity index (χ0n) is 12.8. The van der Waals surface area contributed by atoms with Gasteiger partial charge in [0.1, 0.15) is 0 Å². The molecule has 0 aliphatic carbocycles. The SMILES string of the molecule is Cc1ccccc1-c1c(C)n(C(C)CO)c2ccccc12. The van der Waals surface area contributed by atoms with Crippen molar-refractivity contribution >= 4 is 10.9 Å². The van der Waals surface area contributed by atoms with Gasteiger partial charge in [-0.15, -0.1) is 0 Å². The fraction of sp³-hybridized carbons (Fsp3) is 0.263. The monoisotopic (exact) mass is 279 g/mol. The Morgan fingerprint density at radius 1 is 1.00 bits per heavy atom. The van der Waals surface area contributed by atoms with E-state index in [1.807, 2.05) is 0 Å². The van der Waals surface area contributed by atoms with Gasteiger partial charge in [0, 0.05) is 22.2 Å². The third-order valence-corrected chi connectivity index (χ3v) is 4.28. The molecule has 0 spiro atoms. The summed E-state index contributed by atoms with van der Waals surface area (Å²) in [4.78, 5) is 0. The molecule has 1 atom stereocenters. The van der Waals surface area contributed by atoms with Gasteiger partial charge >= 0.3 is 0 Å². The molecule has 108 valence electrons. The molecule has 0 bridgehead atoms. The number of fused-ring (bicyclic) bond motifs is 1. The Kier molecular flexibility index (Phi) is 3.56. The molecule has 0 saturated heterocycles. The van der Waals surface area contributed by atoms with Crippen molar-refractivity contribution in [1.82, 2.24) is 4.57 Å². The van der Waals surface area contributed by atoms with Crippen LogP contribution in [0.25, 0.3) is 22.0 Å². The molecular formula is C19H21NO. The van der Waals surface area contributed by atoms with Crippen LogP contribution in [0.15, 0.2) is 48.5 Å². The van der Waals surface area contributed by atoms with Crippen molar-refractivity contribution in [2.24, 2.45) is 0 Å². The molecule has 0 aliphatic rings. The summed E-state index contributed by atoms with van der Waals surface area (Å²) in [5.74, 6) is 0. The minimum Gasteiger partial charge on any atom is -0.394 e. The lowest BCUT2D eigenvalue weighted by Gasteiger charge is -2.15. The maximum Gasteiger partial charge on any atom is 0.0636 e. The van der Waals surface area contributed by atoms with Crippen LogP contribution in [0.1, 0.15) is 24.2 Å². The first-order valence-corrected chi connectivity index (χ1v) is 7.41. The zero-order valence-corrected chi connectivity index (χ0v) is 12.8. The normalized spacial score (nSPS) is 12.8. The molecule has 3 aromatic rings. The van der Waals surface area contributed by atoms with Gasteiger partial charge in [-0.1, -0.05) is 42.5 Å². The van der Waals surface area contributed by atoms with E-state index in [9.17, 15) is 5.11 Å². The second kappa shape index (κ2) is 5.38. The Morgan fingerprint density at radius 2 is 1.67 bits per heavy atom. The van der Waals surface area contributed by atoms with Gasteiger partial charge in [-0.3, -0.25) is 0 Å². The summed E-state index contributed by atoms with van der Waals surface area (Å²) in [5.41, 5.74) is 6.24. The maximum atomic E-state index is 9.59. The highest BCUT2D eigenvalue weighted by Crippen LogP contribution is 2.37. The van der Waals surface area contributed by atoms with E-state index in [1.54, 1.807) is 0 Å². The van der Waals surface area contributed by atoms with Crippen LogP contribution in [-0.2, 0) is 0 Å². The van der Waals surface area contributed by atoms with Crippen molar-refractivity contribution in [2.45, 2.75) is 26.8 Å². The molecule has 0 amide bonds. The Hall–Kier alpha value is -2.06. The Morgan fingerprint density at radius 3 is 2.38 bits per heavy atom. The quantitative estimate of drug-likeness (QED) is 0.751. The molecule has 0 radical (unpaired) electrons. The molecule has 2 aromatic carbocycles. The molecule has 21 heavy (non-hydrogen) atoms. The van der Waals surface area contributed by atoms with Crippen molar-refractivity contribution in [3.05, 3.63) is 59.8 Å². The number of aliphatic hydroxyl groups is 1. The first kappa shape index (κ1) is 13.9. The summed E-state index contributed by atoms with van der Waals surface area (Å²) < 4.78 is 2.25. The fourth-order valence-corrected chi connectivity index (χ4v) is 3.23. The van der Waals surface area contributed by atoms with Crippen LogP contribution in [-0.4, -0.2) is 16.3 Å². The van der Waals surface area contributed by atoms with Crippen molar-refractivity contribution in [2.75, 3.05) is 6.61 Å². The summed E-state index contributed by atoms with van der Waals surface area (Å²) in [5, 5.41) is 10.8. The van der Waals surface area contributed by atoms with Crippen molar-refractivity contribution < 1.29 is 5.11 Å². The summed E-state index contributed by atoms with van der Waals surface area (Å²) in [6.45, 7) is 6.50. The lowest BCUT2D eigenvalue weighted by molar-refractivity contribution is 0.240. The number of hydrogen-bond donors (Lipinski definition) is 1. The van der Waals surface area contributed by atoms with Gasteiger partial charge in [-0.25, -0.2) is 0 Å². The number of aromatic nitrogens is 1. The second-order valence-corrected chi connectivity index (χ2v) is 5.69. The number of para-hydroxylation sites is 1. The van der Waals surface area contributed by atoms with Crippen molar-refractivity contribution in [3.8, 4) is 11.1 Å². The van der Waals surface area contributed by atoms with E-state index >= 15 is 0 Å². The van der Waals surface area contributed by atoms with Crippen LogP contribution in [0.5, 0.6) is 0 Å². The van der Waals surface area contributed by atoms with E-state index in [2.05, 4.69) is 73.9 Å². The van der Waals surface area contributed by atoms with E-state index in [0.29, 0.717) is 0 Å². The van der Waals surface area contributed by atoms with Gasteiger partial charge in [0.05, 0.1) is 12.6 Å². The van der Waals surface area contributed by atoms with Crippen LogP contribution in [0.3, 0.4) is 0 Å². The largest absolute Gasteiger partial charge is 0.394 e. The molecule has 1 heterocycles. The fourth-order valence-electron chi connectivity index (χ4n) is 3.23. The number of hydrogen-bond acceptors (Lipinski definition) is 1. The maximum absolute atomic E-state index is 9.59. The smallest absolute Gasteiger partial charge is 0.0636 e. The summed E-state index contributed by atoms with van der Waals surface area (Å²) in [6.07, 6.45) is 0. The average Bonchev–Trinajstić information content (AvgIpc) is 2.79. The second-order valence-electron chi connectivity index (χ2n) is 5.69. The summed E-state index contributed by atoms with van der Waals surface area (Å²) >= 11 is 0. The predicted molar refractivity (Wildman–Crippen MR) is 88.6 cm³/mol. The molecule has 2 nitrogen and oxygen atoms in total. The highest BCUT2D eigenvalue weighted by Gasteiger charge is 2.18. The van der Waals surface area contributed by atoms with Gasteiger partial charge in [-0.05, 0) is 38.0 Å². The zero-order chi connectivity index (χ0) is 15.0. The number of nitrogens with zero attached hydrogens (tertiary/aromatic N) is 1. The van der Waals surface area contributed by atoms with Crippen LogP contribution in [0.4, 0.5) is 0 Å². The standard InChI is InChI=1S/C19H21NO/c1-13-8-4-5-9-16(13)19-15(3)20(14(2)12-21)18-11-7-6-10-17(18)19/h4-11,14,21H,12H2,1-3H3. The summed E-state index contributed by atoms with van der Waals surface area (Å²) in [7, 11) is 0. The van der Waals surface area contributed by atoms with Crippen molar-refractivity contribution in [1.29, 1.82) is 0 Å². The van der Waals surface area contributed by atoms with Gasteiger partial charge in [0.15, 0.2) is 0 Å². The van der Waals surface area contributed by atoms with Gasteiger partial charge < -0.3 is 9.67 Å². The number of rotatable bonds is 3. The van der Waals surface area contributed by atoms with E-state index < -0.39 is 0 Å². The average molecular weight is 279 g/mol. The molecule has 0 aliphatic heterocycles. The highest BCUT2D eigenvalue weighted by atomic mass is 16.3. The lowest BCUT2D eigenvalue weighted by atomic mass is 9.98. The van der Waals surface area contributed by atoms with E-state index in [-0.39, 0.29) is 12.6 Å². The molecular weight excluding hydrogens is 258 g/mol. The van der Waals surface area contributed by atoms with E-state index in [4.69, 9.17) is 0 Å². The van der Waals surface area contributed by atoms with Crippen LogP contribution in [0.2, 0.25) is 0 Å². The number of benzene rings is 2. The molecule has 1 unspecified atom stereocenters. The summed E-state index contributed by atoms with van der Waals surface area (Å²) in [6, 6.07) is 17.0. The lowest BCUT2D eigenvalue weighted by Crippen LogP contribution is -2.10. The highest BCUT2D eigenvalue weighted by molar-refractivity contribution is 5.98. The van der Waals surface area contributed by atoms with Crippen LogP contribution in [0, 0.1) is 13.8 Å². The molecule has 0 saturated carbocycles. The number of aryl methyl sites for hydroxylation is 1.